The van der Waals surface area contributed by atoms with Gasteiger partial charge in [0.15, 0.2) is 11.5 Å². The molecule has 0 radical (unpaired) electrons. The standard InChI is InChI=1S/C17H22F2N2O2.ClH/c18-17(19)22-14-7-3-6-13(16(14)23-17)15(12-4-1-2-5-12)21-10-8-20-9-11-21;/h3,6-7,12,15,20H,1-2,4-5,8-11H2;1H/t15-;/m0./s1. The third-order valence-corrected chi connectivity index (χ3v) is 5.17. The number of ether oxygens (including phenoxy) is 2. The number of hydrogen-bond acceptors (Lipinski definition) is 4. The van der Waals surface area contributed by atoms with Crippen LogP contribution in [0.2, 0.25) is 0 Å². The molecule has 1 atom stereocenters. The number of para-hydroxylation sites is 1. The summed E-state index contributed by atoms with van der Waals surface area (Å²) in [6.07, 6.45) is 1.18. The lowest BCUT2D eigenvalue weighted by atomic mass is 9.89. The molecule has 2 heterocycles. The van der Waals surface area contributed by atoms with Crippen LogP contribution in [0.25, 0.3) is 0 Å². The van der Waals surface area contributed by atoms with Gasteiger partial charge in [-0.25, -0.2) is 0 Å². The predicted molar refractivity (Wildman–Crippen MR) is 89.0 cm³/mol. The fourth-order valence-corrected chi connectivity index (χ4v) is 4.21. The van der Waals surface area contributed by atoms with Crippen molar-refractivity contribution < 1.29 is 18.3 Å². The van der Waals surface area contributed by atoms with E-state index in [1.54, 1.807) is 12.1 Å². The Kier molecular flexibility index (Phi) is 5.18. The van der Waals surface area contributed by atoms with Crippen LogP contribution in [0.15, 0.2) is 18.2 Å². The SMILES string of the molecule is Cl.FC1(F)Oc2cccc([C@H](C3CCCC3)N3CCNCC3)c2O1. The summed E-state index contributed by atoms with van der Waals surface area (Å²) in [5, 5.41) is 3.36. The molecule has 0 unspecified atom stereocenters. The summed E-state index contributed by atoms with van der Waals surface area (Å²) in [4.78, 5) is 2.42. The second-order valence-electron chi connectivity index (χ2n) is 6.62. The van der Waals surface area contributed by atoms with Gasteiger partial charge in [0.1, 0.15) is 0 Å². The Morgan fingerprint density at radius 2 is 1.83 bits per heavy atom. The fourth-order valence-electron chi connectivity index (χ4n) is 4.21. The Hall–Kier alpha value is -1.11. The number of benzene rings is 1. The quantitative estimate of drug-likeness (QED) is 0.893. The second-order valence-corrected chi connectivity index (χ2v) is 6.62. The van der Waals surface area contributed by atoms with E-state index in [1.807, 2.05) is 6.07 Å². The first kappa shape index (κ1) is 17.7. The number of nitrogens with one attached hydrogen (secondary N) is 1. The highest BCUT2D eigenvalue weighted by Gasteiger charge is 2.46. The van der Waals surface area contributed by atoms with Gasteiger partial charge in [-0.15, -0.1) is 21.2 Å². The van der Waals surface area contributed by atoms with Gasteiger partial charge < -0.3 is 14.8 Å². The molecule has 1 aromatic rings. The van der Waals surface area contributed by atoms with Gasteiger partial charge in [0.2, 0.25) is 0 Å². The average molecular weight is 361 g/mol. The van der Waals surface area contributed by atoms with Gasteiger partial charge in [-0.1, -0.05) is 25.0 Å². The number of alkyl halides is 2. The molecule has 1 N–H and O–H groups in total. The molecule has 2 fully saturated rings. The number of rotatable bonds is 3. The molecule has 2 aliphatic heterocycles. The molecule has 7 heteroatoms. The van der Waals surface area contributed by atoms with Crippen molar-refractivity contribution in [2.24, 2.45) is 5.92 Å². The van der Waals surface area contributed by atoms with E-state index >= 15 is 0 Å². The summed E-state index contributed by atoms with van der Waals surface area (Å²) in [5.74, 6) is 0.885. The summed E-state index contributed by atoms with van der Waals surface area (Å²) < 4.78 is 36.6. The maximum Gasteiger partial charge on any atom is 0.586 e. The van der Waals surface area contributed by atoms with E-state index in [0.717, 1.165) is 44.6 Å². The molecule has 1 aromatic carbocycles. The largest absolute Gasteiger partial charge is 0.586 e. The van der Waals surface area contributed by atoms with Crippen molar-refractivity contribution in [2.45, 2.75) is 38.0 Å². The van der Waals surface area contributed by atoms with E-state index in [4.69, 9.17) is 4.74 Å². The molecular weight excluding hydrogens is 338 g/mol. The molecule has 0 aromatic heterocycles. The number of halogens is 3. The van der Waals surface area contributed by atoms with E-state index in [1.165, 1.54) is 12.8 Å². The lowest BCUT2D eigenvalue weighted by Crippen LogP contribution is -2.46. The molecule has 0 spiro atoms. The molecular formula is C17H23ClF2N2O2. The second kappa shape index (κ2) is 7.02. The molecule has 1 aliphatic carbocycles. The van der Waals surface area contributed by atoms with E-state index in [0.29, 0.717) is 5.92 Å². The van der Waals surface area contributed by atoms with Gasteiger partial charge in [0.25, 0.3) is 0 Å². The van der Waals surface area contributed by atoms with Crippen LogP contribution >= 0.6 is 12.4 Å². The molecule has 0 amide bonds. The van der Waals surface area contributed by atoms with Crippen LogP contribution in [0.4, 0.5) is 8.78 Å². The molecule has 134 valence electrons. The normalized spacial score (nSPS) is 24.6. The molecule has 1 saturated heterocycles. The van der Waals surface area contributed by atoms with Crippen molar-refractivity contribution in [2.75, 3.05) is 26.2 Å². The summed E-state index contributed by atoms with van der Waals surface area (Å²) in [6.45, 7) is 3.74. The van der Waals surface area contributed by atoms with Crippen LogP contribution in [-0.2, 0) is 0 Å². The summed E-state index contributed by atoms with van der Waals surface area (Å²) in [5.41, 5.74) is 0.855. The van der Waals surface area contributed by atoms with Crippen LogP contribution in [0, 0.1) is 5.92 Å². The predicted octanol–water partition coefficient (Wildman–Crippen LogP) is 3.57. The Balaban J connectivity index is 0.00000169. The Morgan fingerprint density at radius 1 is 1.12 bits per heavy atom. The zero-order valence-electron chi connectivity index (χ0n) is 13.5. The van der Waals surface area contributed by atoms with Gasteiger partial charge in [-0.3, -0.25) is 4.90 Å². The Morgan fingerprint density at radius 3 is 2.54 bits per heavy atom. The van der Waals surface area contributed by atoms with Crippen LogP contribution in [0.3, 0.4) is 0 Å². The van der Waals surface area contributed by atoms with Crippen molar-refractivity contribution in [3.05, 3.63) is 23.8 Å². The summed E-state index contributed by atoms with van der Waals surface area (Å²) in [6, 6.07) is 5.41. The Bertz CT molecular complexity index is 576. The minimum Gasteiger partial charge on any atom is -0.395 e. The Labute approximate surface area is 146 Å². The van der Waals surface area contributed by atoms with Crippen molar-refractivity contribution in [1.82, 2.24) is 10.2 Å². The molecule has 0 bridgehead atoms. The number of hydrogen-bond donors (Lipinski definition) is 1. The highest BCUT2D eigenvalue weighted by atomic mass is 35.5. The zero-order chi connectivity index (χ0) is 15.9. The average Bonchev–Trinajstić information content (AvgIpc) is 3.15. The van der Waals surface area contributed by atoms with Gasteiger partial charge >= 0.3 is 6.29 Å². The third kappa shape index (κ3) is 3.32. The lowest BCUT2D eigenvalue weighted by molar-refractivity contribution is -0.287. The number of fused-ring (bicyclic) bond motifs is 1. The van der Waals surface area contributed by atoms with Crippen LogP contribution in [0.5, 0.6) is 11.5 Å². The maximum absolute atomic E-state index is 13.5. The topological polar surface area (TPSA) is 33.7 Å². The van der Waals surface area contributed by atoms with Crippen molar-refractivity contribution in [1.29, 1.82) is 0 Å². The van der Waals surface area contributed by atoms with E-state index in [2.05, 4.69) is 15.0 Å². The first-order valence-corrected chi connectivity index (χ1v) is 8.47. The van der Waals surface area contributed by atoms with Crippen molar-refractivity contribution >= 4 is 12.4 Å². The van der Waals surface area contributed by atoms with E-state index in [9.17, 15) is 8.78 Å². The third-order valence-electron chi connectivity index (χ3n) is 5.17. The van der Waals surface area contributed by atoms with Gasteiger partial charge in [0.05, 0.1) is 0 Å². The molecule has 24 heavy (non-hydrogen) atoms. The van der Waals surface area contributed by atoms with Crippen LogP contribution < -0.4 is 14.8 Å². The van der Waals surface area contributed by atoms with Gasteiger partial charge in [-0.05, 0) is 24.8 Å². The monoisotopic (exact) mass is 360 g/mol. The van der Waals surface area contributed by atoms with Crippen molar-refractivity contribution in [3.8, 4) is 11.5 Å². The molecule has 3 aliphatic rings. The highest BCUT2D eigenvalue weighted by molar-refractivity contribution is 5.85. The lowest BCUT2D eigenvalue weighted by Gasteiger charge is -2.38. The first-order valence-electron chi connectivity index (χ1n) is 8.47. The van der Waals surface area contributed by atoms with E-state index < -0.39 is 6.29 Å². The van der Waals surface area contributed by atoms with E-state index in [-0.39, 0.29) is 29.9 Å². The molecule has 1 saturated carbocycles. The molecule has 4 rings (SSSR count). The summed E-state index contributed by atoms with van der Waals surface area (Å²) in [7, 11) is 0. The van der Waals surface area contributed by atoms with Crippen LogP contribution in [-0.4, -0.2) is 37.4 Å². The maximum atomic E-state index is 13.5. The minimum absolute atomic E-state index is 0. The smallest absolute Gasteiger partial charge is 0.395 e. The zero-order valence-corrected chi connectivity index (χ0v) is 14.3. The fraction of sp³-hybridized carbons (Fsp3) is 0.647. The minimum atomic E-state index is -3.55. The number of nitrogens with zero attached hydrogens (tertiary/aromatic N) is 1. The summed E-state index contributed by atoms with van der Waals surface area (Å²) >= 11 is 0. The first-order chi connectivity index (χ1) is 11.1. The highest BCUT2D eigenvalue weighted by Crippen LogP contribution is 2.49. The van der Waals surface area contributed by atoms with Crippen molar-refractivity contribution in [3.63, 3.8) is 0 Å². The molecule has 4 nitrogen and oxygen atoms in total. The number of piperazine rings is 1. The van der Waals surface area contributed by atoms with Gasteiger partial charge in [-0.2, -0.15) is 0 Å². The van der Waals surface area contributed by atoms with Gasteiger partial charge in [0, 0.05) is 37.8 Å². The van der Waals surface area contributed by atoms with Crippen LogP contribution in [0.1, 0.15) is 37.3 Å².